The molecule has 2 rings (SSSR count). The van der Waals surface area contributed by atoms with Crippen molar-refractivity contribution in [1.29, 1.82) is 0 Å². The maximum absolute atomic E-state index is 5.29. The second-order valence-corrected chi connectivity index (χ2v) is 4.87. The van der Waals surface area contributed by atoms with Gasteiger partial charge in [-0.1, -0.05) is 0 Å². The molecule has 4 nitrogen and oxygen atoms in total. The molecule has 2 aliphatic rings. The minimum Gasteiger partial charge on any atom is -0.383 e. The lowest BCUT2D eigenvalue weighted by Gasteiger charge is -2.39. The first-order chi connectivity index (χ1) is 7.85. The summed E-state index contributed by atoms with van der Waals surface area (Å²) in [5.74, 6) is 0. The molecular formula is C12H24N2O2. The molecule has 0 spiro atoms. The molecule has 0 saturated carbocycles. The first kappa shape index (κ1) is 12.3. The van der Waals surface area contributed by atoms with Crippen LogP contribution in [0.2, 0.25) is 0 Å². The zero-order valence-corrected chi connectivity index (χ0v) is 10.5. The third kappa shape index (κ3) is 2.74. The van der Waals surface area contributed by atoms with Gasteiger partial charge in [-0.25, -0.2) is 0 Å². The lowest BCUT2D eigenvalue weighted by molar-refractivity contribution is 0.0358. The zero-order valence-electron chi connectivity index (χ0n) is 10.5. The monoisotopic (exact) mass is 228 g/mol. The first-order valence-corrected chi connectivity index (χ1v) is 6.31. The number of piperazine rings is 1. The molecular weight excluding hydrogens is 204 g/mol. The highest BCUT2D eigenvalue weighted by molar-refractivity contribution is 4.92. The van der Waals surface area contributed by atoms with Crippen LogP contribution in [0.1, 0.15) is 12.8 Å². The smallest absolute Gasteiger partial charge is 0.0618 e. The van der Waals surface area contributed by atoms with Gasteiger partial charge >= 0.3 is 0 Å². The molecule has 0 N–H and O–H groups in total. The lowest BCUT2D eigenvalue weighted by Crippen LogP contribution is -2.53. The molecule has 0 bridgehead atoms. The minimum absolute atomic E-state index is 0.666. The van der Waals surface area contributed by atoms with E-state index < -0.39 is 0 Å². The molecule has 0 amide bonds. The quantitative estimate of drug-likeness (QED) is 0.681. The zero-order chi connectivity index (χ0) is 11.4. The maximum atomic E-state index is 5.29. The summed E-state index contributed by atoms with van der Waals surface area (Å²) >= 11 is 0. The average Bonchev–Trinajstić information content (AvgIpc) is 2.70. The van der Waals surface area contributed by atoms with E-state index in [1.54, 1.807) is 7.11 Å². The Balaban J connectivity index is 1.79. The SMILES string of the molecule is COCCN1CCN2C(COC)CCC2C1. The van der Waals surface area contributed by atoms with Gasteiger partial charge in [-0.15, -0.1) is 0 Å². The lowest BCUT2D eigenvalue weighted by atomic mass is 10.1. The normalized spacial score (nSPS) is 31.9. The summed E-state index contributed by atoms with van der Waals surface area (Å²) in [5, 5.41) is 0. The Morgan fingerprint density at radius 3 is 2.75 bits per heavy atom. The fourth-order valence-corrected chi connectivity index (χ4v) is 3.02. The van der Waals surface area contributed by atoms with Crippen LogP contribution in [-0.2, 0) is 9.47 Å². The van der Waals surface area contributed by atoms with Gasteiger partial charge in [0, 0.05) is 52.5 Å². The van der Waals surface area contributed by atoms with Gasteiger partial charge in [-0.2, -0.15) is 0 Å². The number of hydrogen-bond acceptors (Lipinski definition) is 4. The van der Waals surface area contributed by atoms with Crippen molar-refractivity contribution in [2.75, 3.05) is 53.6 Å². The van der Waals surface area contributed by atoms with Crippen molar-refractivity contribution in [3.05, 3.63) is 0 Å². The number of fused-ring (bicyclic) bond motifs is 1. The van der Waals surface area contributed by atoms with E-state index in [9.17, 15) is 0 Å². The van der Waals surface area contributed by atoms with Gasteiger partial charge in [0.05, 0.1) is 13.2 Å². The van der Waals surface area contributed by atoms with Crippen molar-refractivity contribution in [3.63, 3.8) is 0 Å². The number of hydrogen-bond donors (Lipinski definition) is 0. The Hall–Kier alpha value is -0.160. The minimum atomic E-state index is 0.666. The van der Waals surface area contributed by atoms with E-state index in [0.29, 0.717) is 6.04 Å². The van der Waals surface area contributed by atoms with Crippen LogP contribution in [0.4, 0.5) is 0 Å². The van der Waals surface area contributed by atoms with Crippen molar-refractivity contribution in [2.45, 2.75) is 24.9 Å². The molecule has 0 aromatic rings. The molecule has 16 heavy (non-hydrogen) atoms. The predicted octanol–water partition coefficient (Wildman–Crippen LogP) is 0.428. The Morgan fingerprint density at radius 1 is 1.12 bits per heavy atom. The van der Waals surface area contributed by atoms with E-state index in [4.69, 9.17) is 9.47 Å². The molecule has 0 aromatic carbocycles. The van der Waals surface area contributed by atoms with Crippen LogP contribution in [0.3, 0.4) is 0 Å². The molecule has 4 heteroatoms. The fraction of sp³-hybridized carbons (Fsp3) is 1.00. The summed E-state index contributed by atoms with van der Waals surface area (Å²) in [7, 11) is 3.59. The van der Waals surface area contributed by atoms with Crippen LogP contribution < -0.4 is 0 Å². The van der Waals surface area contributed by atoms with E-state index in [1.165, 1.54) is 32.5 Å². The summed E-state index contributed by atoms with van der Waals surface area (Å²) in [6.45, 7) is 6.42. The Morgan fingerprint density at radius 2 is 2.00 bits per heavy atom. The fourth-order valence-electron chi connectivity index (χ4n) is 3.02. The maximum Gasteiger partial charge on any atom is 0.0618 e. The molecule has 94 valence electrons. The predicted molar refractivity (Wildman–Crippen MR) is 63.7 cm³/mol. The Labute approximate surface area is 98.5 Å². The van der Waals surface area contributed by atoms with Crippen LogP contribution in [0.5, 0.6) is 0 Å². The number of methoxy groups -OCH3 is 2. The summed E-state index contributed by atoms with van der Waals surface area (Å²) < 4.78 is 10.4. The van der Waals surface area contributed by atoms with Crippen molar-refractivity contribution >= 4 is 0 Å². The highest BCUT2D eigenvalue weighted by Crippen LogP contribution is 2.27. The van der Waals surface area contributed by atoms with E-state index in [-0.39, 0.29) is 0 Å². The molecule has 0 aliphatic carbocycles. The highest BCUT2D eigenvalue weighted by Gasteiger charge is 2.36. The molecule has 0 aromatic heterocycles. The van der Waals surface area contributed by atoms with E-state index in [0.717, 1.165) is 25.8 Å². The van der Waals surface area contributed by atoms with Gasteiger partial charge in [0.15, 0.2) is 0 Å². The highest BCUT2D eigenvalue weighted by atomic mass is 16.5. The third-order valence-electron chi connectivity index (χ3n) is 3.89. The second-order valence-electron chi connectivity index (χ2n) is 4.87. The number of nitrogens with zero attached hydrogens (tertiary/aromatic N) is 2. The van der Waals surface area contributed by atoms with Crippen LogP contribution in [0.15, 0.2) is 0 Å². The molecule has 2 aliphatic heterocycles. The van der Waals surface area contributed by atoms with Gasteiger partial charge in [0.25, 0.3) is 0 Å². The molecule has 2 heterocycles. The van der Waals surface area contributed by atoms with Gasteiger partial charge in [0.2, 0.25) is 0 Å². The van der Waals surface area contributed by atoms with Crippen molar-refractivity contribution in [3.8, 4) is 0 Å². The van der Waals surface area contributed by atoms with Crippen molar-refractivity contribution < 1.29 is 9.47 Å². The summed E-state index contributed by atoms with van der Waals surface area (Å²) in [5.41, 5.74) is 0. The molecule has 2 atom stereocenters. The summed E-state index contributed by atoms with van der Waals surface area (Å²) in [6.07, 6.45) is 2.63. The van der Waals surface area contributed by atoms with E-state index in [1.807, 2.05) is 7.11 Å². The van der Waals surface area contributed by atoms with Gasteiger partial charge in [0.1, 0.15) is 0 Å². The molecule has 0 radical (unpaired) electrons. The van der Waals surface area contributed by atoms with Crippen LogP contribution in [0.25, 0.3) is 0 Å². The Bertz CT molecular complexity index is 213. The summed E-state index contributed by atoms with van der Waals surface area (Å²) in [4.78, 5) is 5.17. The molecule has 2 saturated heterocycles. The van der Waals surface area contributed by atoms with Crippen molar-refractivity contribution in [2.24, 2.45) is 0 Å². The average molecular weight is 228 g/mol. The van der Waals surface area contributed by atoms with Crippen LogP contribution in [0, 0.1) is 0 Å². The van der Waals surface area contributed by atoms with E-state index in [2.05, 4.69) is 9.80 Å². The van der Waals surface area contributed by atoms with Crippen molar-refractivity contribution in [1.82, 2.24) is 9.80 Å². The standard InChI is InChI=1S/C12H24N2O2/c1-15-8-7-13-5-6-14-11(9-13)3-4-12(14)10-16-2/h11-12H,3-10H2,1-2H3. The van der Waals surface area contributed by atoms with Gasteiger partial charge in [-0.05, 0) is 12.8 Å². The van der Waals surface area contributed by atoms with Crippen LogP contribution in [-0.4, -0.2) is 75.5 Å². The number of rotatable bonds is 5. The molecule has 2 unspecified atom stereocenters. The van der Waals surface area contributed by atoms with E-state index >= 15 is 0 Å². The number of ether oxygens (including phenoxy) is 2. The van der Waals surface area contributed by atoms with Crippen LogP contribution >= 0.6 is 0 Å². The topological polar surface area (TPSA) is 24.9 Å². The largest absolute Gasteiger partial charge is 0.383 e. The third-order valence-corrected chi connectivity index (χ3v) is 3.89. The molecule has 2 fully saturated rings. The first-order valence-electron chi connectivity index (χ1n) is 6.31. The second kappa shape index (κ2) is 5.96. The Kier molecular flexibility index (Phi) is 4.58. The van der Waals surface area contributed by atoms with Gasteiger partial charge in [-0.3, -0.25) is 9.80 Å². The van der Waals surface area contributed by atoms with Gasteiger partial charge < -0.3 is 9.47 Å². The summed E-state index contributed by atoms with van der Waals surface area (Å²) in [6, 6.07) is 1.42.